The molecule has 0 saturated heterocycles. The zero-order chi connectivity index (χ0) is 25.4. The molecule has 7 heteroatoms. The van der Waals surface area contributed by atoms with E-state index in [4.69, 9.17) is 9.97 Å². The molecule has 1 aliphatic heterocycles. The maximum absolute atomic E-state index is 5.02. The van der Waals surface area contributed by atoms with E-state index in [-0.39, 0.29) is 5.41 Å². The van der Waals surface area contributed by atoms with Gasteiger partial charge in [0.25, 0.3) is 0 Å². The monoisotopic (exact) mass is 517 g/mol. The molecular formula is C29H35N5S2. The Labute approximate surface area is 223 Å². The average molecular weight is 518 g/mol. The molecule has 0 radical (unpaired) electrons. The number of hydrogen-bond donors (Lipinski definition) is 0. The summed E-state index contributed by atoms with van der Waals surface area (Å²) in [7, 11) is 2.11. The second kappa shape index (κ2) is 10.0. The highest BCUT2D eigenvalue weighted by Gasteiger charge is 2.21. The van der Waals surface area contributed by atoms with Crippen LogP contribution in [0.4, 0.5) is 10.9 Å². The zero-order valence-electron chi connectivity index (χ0n) is 22.1. The molecule has 5 nitrogen and oxygen atoms in total. The number of thiazole rings is 1. The molecule has 188 valence electrons. The van der Waals surface area contributed by atoms with Crippen LogP contribution in [-0.2, 0) is 11.8 Å². The normalized spacial score (nSPS) is 14.9. The molecule has 0 atom stereocenters. The topological polar surface area (TPSA) is 36.7 Å². The number of pyridine rings is 1. The molecule has 0 aliphatic carbocycles. The quantitative estimate of drug-likeness (QED) is 0.248. The largest absolute Gasteiger partial charge is 0.305 e. The van der Waals surface area contributed by atoms with Crippen LogP contribution in [0.15, 0.2) is 54.1 Å². The van der Waals surface area contributed by atoms with E-state index < -0.39 is 0 Å². The summed E-state index contributed by atoms with van der Waals surface area (Å²) >= 11 is 3.50. The number of aromatic nitrogens is 3. The lowest BCUT2D eigenvalue weighted by Crippen LogP contribution is -2.21. The Bertz CT molecular complexity index is 1390. The Hall–Kier alpha value is -2.61. The van der Waals surface area contributed by atoms with Crippen molar-refractivity contribution in [3.63, 3.8) is 0 Å². The Morgan fingerprint density at radius 3 is 2.44 bits per heavy atom. The fourth-order valence-electron chi connectivity index (χ4n) is 4.72. The third kappa shape index (κ3) is 4.84. The van der Waals surface area contributed by atoms with Crippen molar-refractivity contribution in [1.82, 2.24) is 18.7 Å². The van der Waals surface area contributed by atoms with Crippen molar-refractivity contribution < 1.29 is 0 Å². The van der Waals surface area contributed by atoms with Crippen molar-refractivity contribution in [2.24, 2.45) is 0 Å². The van der Waals surface area contributed by atoms with Crippen molar-refractivity contribution in [1.29, 1.82) is 0 Å². The van der Waals surface area contributed by atoms with Gasteiger partial charge in [-0.2, -0.15) is 0 Å². The first-order chi connectivity index (χ1) is 17.3. The van der Waals surface area contributed by atoms with Gasteiger partial charge in [0, 0.05) is 37.3 Å². The van der Waals surface area contributed by atoms with Gasteiger partial charge in [-0.15, -0.1) is 11.3 Å². The van der Waals surface area contributed by atoms with Gasteiger partial charge in [-0.1, -0.05) is 70.0 Å². The number of imidazole rings is 1. The van der Waals surface area contributed by atoms with Gasteiger partial charge in [-0.05, 0) is 53.3 Å². The maximum Gasteiger partial charge on any atom is 0.191 e. The van der Waals surface area contributed by atoms with Crippen molar-refractivity contribution >= 4 is 45.5 Å². The molecule has 0 fully saturated rings. The Morgan fingerprint density at radius 2 is 1.81 bits per heavy atom. The summed E-state index contributed by atoms with van der Waals surface area (Å²) in [6.07, 6.45) is 8.70. The van der Waals surface area contributed by atoms with Gasteiger partial charge in [0.2, 0.25) is 0 Å². The summed E-state index contributed by atoms with van der Waals surface area (Å²) < 4.78 is 4.64. The first kappa shape index (κ1) is 25.1. The highest BCUT2D eigenvalue weighted by Crippen LogP contribution is 2.35. The molecule has 4 aromatic rings. The van der Waals surface area contributed by atoms with E-state index in [1.54, 1.807) is 11.3 Å². The van der Waals surface area contributed by atoms with Gasteiger partial charge < -0.3 is 4.90 Å². The third-order valence-electron chi connectivity index (χ3n) is 6.94. The van der Waals surface area contributed by atoms with Crippen molar-refractivity contribution in [2.75, 3.05) is 31.3 Å². The summed E-state index contributed by atoms with van der Waals surface area (Å²) in [5, 5.41) is 3.13. The molecule has 0 amide bonds. The lowest BCUT2D eigenvalue weighted by molar-refractivity contribution is 0.518. The average Bonchev–Trinajstić information content (AvgIpc) is 3.53. The summed E-state index contributed by atoms with van der Waals surface area (Å²) in [5.74, 6) is 1.10. The van der Waals surface area contributed by atoms with Crippen LogP contribution in [0, 0.1) is 0 Å². The Kier molecular flexibility index (Phi) is 6.99. The van der Waals surface area contributed by atoms with Crippen molar-refractivity contribution in [2.45, 2.75) is 46.0 Å². The van der Waals surface area contributed by atoms with Gasteiger partial charge in [0.15, 0.2) is 5.13 Å². The van der Waals surface area contributed by atoms with E-state index in [2.05, 4.69) is 109 Å². The lowest BCUT2D eigenvalue weighted by Gasteiger charge is -2.24. The molecular weight excluding hydrogens is 482 g/mol. The van der Waals surface area contributed by atoms with Crippen LogP contribution in [0.5, 0.6) is 0 Å². The molecule has 0 unspecified atom stereocenters. The van der Waals surface area contributed by atoms with Gasteiger partial charge in [-0.25, -0.2) is 14.3 Å². The first-order valence-electron chi connectivity index (χ1n) is 12.6. The number of anilines is 2. The molecule has 0 saturated carbocycles. The number of hydrogen-bond acceptors (Lipinski definition) is 6. The summed E-state index contributed by atoms with van der Waals surface area (Å²) in [6.45, 7) is 11.0. The van der Waals surface area contributed by atoms with Crippen LogP contribution >= 0.6 is 23.3 Å². The lowest BCUT2D eigenvalue weighted by atomic mass is 9.86. The standard InChI is InChI=1S/C29H35N5S2/c1-7-24-27(34-18-22(10-13-26(34)30-24)20-14-16-33(35-6)17-15-20)32(5)28-31-25(19-36-28)21-8-11-23(12-9-21)29(2,3)4/h8-14,18-19H,7,15-17H2,1-6H3. The van der Waals surface area contributed by atoms with Gasteiger partial charge >= 0.3 is 0 Å². The molecule has 0 spiro atoms. The predicted molar refractivity (Wildman–Crippen MR) is 157 cm³/mol. The number of rotatable bonds is 6. The van der Waals surface area contributed by atoms with Crippen LogP contribution in [0.3, 0.4) is 0 Å². The number of nitrogens with zero attached hydrogens (tertiary/aromatic N) is 5. The van der Waals surface area contributed by atoms with E-state index in [0.717, 1.165) is 59.5 Å². The number of benzene rings is 1. The molecule has 5 rings (SSSR count). The zero-order valence-corrected chi connectivity index (χ0v) is 23.7. The number of aryl methyl sites for hydroxylation is 1. The van der Waals surface area contributed by atoms with Crippen LogP contribution in [0.1, 0.15) is 50.9 Å². The van der Waals surface area contributed by atoms with Gasteiger partial charge in [-0.3, -0.25) is 4.40 Å². The van der Waals surface area contributed by atoms with E-state index in [0.29, 0.717) is 0 Å². The predicted octanol–water partition coefficient (Wildman–Crippen LogP) is 7.45. The molecule has 36 heavy (non-hydrogen) atoms. The fourth-order valence-corrected chi connectivity index (χ4v) is 6.02. The summed E-state index contributed by atoms with van der Waals surface area (Å²) in [6, 6.07) is 13.2. The van der Waals surface area contributed by atoms with E-state index in [9.17, 15) is 0 Å². The van der Waals surface area contributed by atoms with Crippen LogP contribution < -0.4 is 4.90 Å². The van der Waals surface area contributed by atoms with Crippen molar-refractivity contribution in [3.8, 4) is 11.3 Å². The van der Waals surface area contributed by atoms with Crippen LogP contribution in [0.2, 0.25) is 0 Å². The minimum Gasteiger partial charge on any atom is -0.305 e. The molecule has 0 bridgehead atoms. The Morgan fingerprint density at radius 1 is 1.06 bits per heavy atom. The SMILES string of the molecule is CCc1nc2ccc(C3=CCN(SC)CC3)cn2c1N(C)c1nc(-c2ccc(C(C)(C)C)cc2)cs1. The smallest absolute Gasteiger partial charge is 0.191 e. The van der Waals surface area contributed by atoms with Gasteiger partial charge in [0.1, 0.15) is 11.5 Å². The minimum atomic E-state index is 0.145. The second-order valence-electron chi connectivity index (χ2n) is 10.3. The highest BCUT2D eigenvalue weighted by molar-refractivity contribution is 7.96. The van der Waals surface area contributed by atoms with Gasteiger partial charge in [0.05, 0.1) is 11.4 Å². The summed E-state index contributed by atoms with van der Waals surface area (Å²) in [4.78, 5) is 12.2. The molecule has 1 aliphatic rings. The molecule has 4 heterocycles. The third-order valence-corrected chi connectivity index (χ3v) is 8.71. The Balaban J connectivity index is 1.48. The van der Waals surface area contributed by atoms with Crippen LogP contribution in [0.25, 0.3) is 22.5 Å². The van der Waals surface area contributed by atoms with E-state index >= 15 is 0 Å². The summed E-state index contributed by atoms with van der Waals surface area (Å²) in [5.41, 5.74) is 8.41. The first-order valence-corrected chi connectivity index (χ1v) is 14.6. The van der Waals surface area contributed by atoms with Crippen LogP contribution in [-0.4, -0.2) is 45.1 Å². The van der Waals surface area contributed by atoms with Crippen molar-refractivity contribution in [3.05, 3.63) is 70.9 Å². The second-order valence-corrected chi connectivity index (χ2v) is 12.1. The number of fused-ring (bicyclic) bond motifs is 1. The van der Waals surface area contributed by atoms with E-state index in [1.165, 1.54) is 16.7 Å². The highest BCUT2D eigenvalue weighted by atomic mass is 32.2. The maximum atomic E-state index is 5.02. The molecule has 0 N–H and O–H groups in total. The minimum absolute atomic E-state index is 0.145. The van der Waals surface area contributed by atoms with E-state index in [1.807, 2.05) is 11.9 Å². The fraction of sp³-hybridized carbons (Fsp3) is 0.379. The molecule has 3 aromatic heterocycles. The molecule has 1 aromatic carbocycles.